The van der Waals surface area contributed by atoms with Crippen LogP contribution >= 0.6 is 0 Å². The highest BCUT2D eigenvalue weighted by atomic mass is 16.7. The number of hydrogen-bond acceptors (Lipinski definition) is 4. The molecule has 0 atom stereocenters. The van der Waals surface area contributed by atoms with Gasteiger partial charge >= 0.3 is 5.63 Å². The molecule has 1 aliphatic heterocycles. The van der Waals surface area contributed by atoms with Crippen LogP contribution in [0.15, 0.2) is 27.4 Å². The zero-order chi connectivity index (χ0) is 10.4. The maximum Gasteiger partial charge on any atom is 0.336 e. The minimum atomic E-state index is -0.348. The molecule has 0 saturated carbocycles. The lowest BCUT2D eigenvalue weighted by Gasteiger charge is -2.01. The summed E-state index contributed by atoms with van der Waals surface area (Å²) in [5.41, 5.74) is -0.348. The van der Waals surface area contributed by atoms with Crippen molar-refractivity contribution in [3.63, 3.8) is 0 Å². The van der Waals surface area contributed by atoms with Crippen molar-refractivity contribution in [2.75, 3.05) is 6.79 Å². The standard InChI is InChI=1S/C11H8O4/c1-6-8-4-10-9(13-5-14-10)2-7(8)3-11(12)15-6/h2-4H,5H2,1H3. The molecule has 0 bridgehead atoms. The summed E-state index contributed by atoms with van der Waals surface area (Å²) in [7, 11) is 0. The summed E-state index contributed by atoms with van der Waals surface area (Å²) in [5.74, 6) is 1.96. The van der Waals surface area contributed by atoms with Crippen LogP contribution in [0, 0.1) is 6.92 Å². The van der Waals surface area contributed by atoms with E-state index in [0.29, 0.717) is 17.3 Å². The van der Waals surface area contributed by atoms with Gasteiger partial charge < -0.3 is 13.9 Å². The van der Waals surface area contributed by atoms with Crippen molar-refractivity contribution in [3.8, 4) is 11.5 Å². The SMILES string of the molecule is Cc1oc(=O)cc2cc3c(cc12)OCO3. The minimum absolute atomic E-state index is 0.228. The summed E-state index contributed by atoms with van der Waals surface area (Å²) >= 11 is 0. The smallest absolute Gasteiger partial charge is 0.336 e. The van der Waals surface area contributed by atoms with Gasteiger partial charge in [0.2, 0.25) is 6.79 Å². The molecule has 3 rings (SSSR count). The molecule has 1 aromatic carbocycles. The molecule has 15 heavy (non-hydrogen) atoms. The van der Waals surface area contributed by atoms with Crippen LogP contribution in [-0.2, 0) is 0 Å². The molecule has 2 heterocycles. The van der Waals surface area contributed by atoms with Crippen molar-refractivity contribution in [1.82, 2.24) is 0 Å². The summed E-state index contributed by atoms with van der Waals surface area (Å²) in [6.07, 6.45) is 0. The van der Waals surface area contributed by atoms with Gasteiger partial charge in [-0.15, -0.1) is 0 Å². The molecule has 0 spiro atoms. The Kier molecular flexibility index (Phi) is 1.54. The lowest BCUT2D eigenvalue weighted by Crippen LogP contribution is -1.97. The van der Waals surface area contributed by atoms with Gasteiger partial charge in [0, 0.05) is 11.5 Å². The van der Waals surface area contributed by atoms with Gasteiger partial charge in [0.1, 0.15) is 5.76 Å². The van der Waals surface area contributed by atoms with E-state index in [4.69, 9.17) is 13.9 Å². The van der Waals surface area contributed by atoms with Crippen LogP contribution in [0.4, 0.5) is 0 Å². The average Bonchev–Trinajstić information content (AvgIpc) is 2.61. The molecular weight excluding hydrogens is 196 g/mol. The first-order chi connectivity index (χ1) is 7.24. The second kappa shape index (κ2) is 2.76. The Morgan fingerprint density at radius 2 is 1.87 bits per heavy atom. The van der Waals surface area contributed by atoms with Crippen molar-refractivity contribution in [2.24, 2.45) is 0 Å². The Morgan fingerprint density at radius 3 is 2.67 bits per heavy atom. The van der Waals surface area contributed by atoms with Crippen LogP contribution < -0.4 is 15.1 Å². The normalized spacial score (nSPS) is 13.4. The van der Waals surface area contributed by atoms with E-state index in [-0.39, 0.29) is 12.4 Å². The maximum atomic E-state index is 11.2. The Hall–Kier alpha value is -1.97. The maximum absolute atomic E-state index is 11.2. The highest BCUT2D eigenvalue weighted by Crippen LogP contribution is 2.36. The van der Waals surface area contributed by atoms with E-state index in [1.807, 2.05) is 6.07 Å². The number of fused-ring (bicyclic) bond motifs is 2. The van der Waals surface area contributed by atoms with E-state index in [9.17, 15) is 4.79 Å². The van der Waals surface area contributed by atoms with Gasteiger partial charge in [-0.25, -0.2) is 4.79 Å². The first-order valence-corrected chi connectivity index (χ1v) is 4.58. The minimum Gasteiger partial charge on any atom is -0.454 e. The van der Waals surface area contributed by atoms with E-state index < -0.39 is 0 Å². The van der Waals surface area contributed by atoms with Gasteiger partial charge in [0.05, 0.1) is 0 Å². The number of ether oxygens (including phenoxy) is 2. The molecule has 0 aliphatic carbocycles. The highest BCUT2D eigenvalue weighted by molar-refractivity contribution is 5.87. The van der Waals surface area contributed by atoms with Crippen LogP contribution in [0.25, 0.3) is 10.8 Å². The second-order valence-corrected chi connectivity index (χ2v) is 3.41. The lowest BCUT2D eigenvalue weighted by molar-refractivity contribution is 0.174. The molecule has 0 radical (unpaired) electrons. The van der Waals surface area contributed by atoms with Crippen molar-refractivity contribution in [3.05, 3.63) is 34.4 Å². The van der Waals surface area contributed by atoms with Gasteiger partial charge in [0.15, 0.2) is 11.5 Å². The third-order valence-corrected chi connectivity index (χ3v) is 2.45. The predicted molar refractivity (Wildman–Crippen MR) is 53.3 cm³/mol. The molecule has 0 saturated heterocycles. The van der Waals surface area contributed by atoms with Crippen molar-refractivity contribution >= 4 is 10.8 Å². The summed E-state index contributed by atoms with van der Waals surface area (Å²) in [4.78, 5) is 11.2. The first kappa shape index (κ1) is 8.35. The monoisotopic (exact) mass is 204 g/mol. The fourth-order valence-electron chi connectivity index (χ4n) is 1.74. The topological polar surface area (TPSA) is 48.7 Å². The van der Waals surface area contributed by atoms with E-state index in [2.05, 4.69) is 0 Å². The number of hydrogen-bond donors (Lipinski definition) is 0. The van der Waals surface area contributed by atoms with Crippen molar-refractivity contribution < 1.29 is 13.9 Å². The third-order valence-electron chi connectivity index (χ3n) is 2.45. The third kappa shape index (κ3) is 1.18. The number of benzene rings is 1. The lowest BCUT2D eigenvalue weighted by atomic mass is 10.1. The van der Waals surface area contributed by atoms with E-state index in [0.717, 1.165) is 10.8 Å². The van der Waals surface area contributed by atoms with Crippen LogP contribution in [0.3, 0.4) is 0 Å². The van der Waals surface area contributed by atoms with Gasteiger partial charge in [0.25, 0.3) is 0 Å². The first-order valence-electron chi connectivity index (χ1n) is 4.58. The van der Waals surface area contributed by atoms with Crippen LogP contribution in [0.5, 0.6) is 11.5 Å². The van der Waals surface area contributed by atoms with Crippen molar-refractivity contribution in [2.45, 2.75) is 6.92 Å². The van der Waals surface area contributed by atoms with Gasteiger partial charge in [-0.3, -0.25) is 0 Å². The molecule has 76 valence electrons. The van der Waals surface area contributed by atoms with Crippen LogP contribution in [-0.4, -0.2) is 6.79 Å². The zero-order valence-electron chi connectivity index (χ0n) is 8.07. The van der Waals surface area contributed by atoms with Gasteiger partial charge in [-0.2, -0.15) is 0 Å². The molecule has 1 aliphatic rings. The highest BCUT2D eigenvalue weighted by Gasteiger charge is 2.15. The van der Waals surface area contributed by atoms with E-state index in [1.54, 1.807) is 13.0 Å². The summed E-state index contributed by atoms with van der Waals surface area (Å²) in [6.45, 7) is 1.98. The predicted octanol–water partition coefficient (Wildman–Crippen LogP) is 1.83. The van der Waals surface area contributed by atoms with Crippen LogP contribution in [0.2, 0.25) is 0 Å². The molecule has 2 aromatic rings. The zero-order valence-corrected chi connectivity index (χ0v) is 8.07. The molecule has 1 aromatic heterocycles. The number of aryl methyl sites for hydroxylation is 1. The second-order valence-electron chi connectivity index (χ2n) is 3.41. The Balaban J connectivity index is 2.43. The fourth-order valence-corrected chi connectivity index (χ4v) is 1.74. The van der Waals surface area contributed by atoms with Gasteiger partial charge in [-0.1, -0.05) is 0 Å². The molecule has 0 fully saturated rings. The molecule has 0 N–H and O–H groups in total. The quantitative estimate of drug-likeness (QED) is 0.656. The average molecular weight is 204 g/mol. The summed E-state index contributed by atoms with van der Waals surface area (Å²) in [5, 5.41) is 1.69. The molecule has 4 heteroatoms. The van der Waals surface area contributed by atoms with E-state index in [1.165, 1.54) is 6.07 Å². The molecule has 4 nitrogen and oxygen atoms in total. The fraction of sp³-hybridized carbons (Fsp3) is 0.182. The molecule has 0 amide bonds. The Bertz CT molecular complexity index is 597. The summed E-state index contributed by atoms with van der Waals surface area (Å²) < 4.78 is 15.5. The Labute approximate surface area is 85.0 Å². The molecule has 0 unspecified atom stereocenters. The number of rotatable bonds is 0. The van der Waals surface area contributed by atoms with Gasteiger partial charge in [-0.05, 0) is 24.4 Å². The van der Waals surface area contributed by atoms with E-state index >= 15 is 0 Å². The molecular formula is C11H8O4. The van der Waals surface area contributed by atoms with Crippen molar-refractivity contribution in [1.29, 1.82) is 0 Å². The Morgan fingerprint density at radius 1 is 1.13 bits per heavy atom. The summed E-state index contributed by atoms with van der Waals surface area (Å²) in [6, 6.07) is 5.07. The van der Waals surface area contributed by atoms with Crippen LogP contribution in [0.1, 0.15) is 5.76 Å². The largest absolute Gasteiger partial charge is 0.454 e.